The first-order valence-corrected chi connectivity index (χ1v) is 7.06. The molecule has 0 aliphatic carbocycles. The second-order valence-electron chi connectivity index (χ2n) is 5.53. The van der Waals surface area contributed by atoms with Gasteiger partial charge in [-0.2, -0.15) is 0 Å². The molecule has 0 saturated heterocycles. The van der Waals surface area contributed by atoms with Crippen LogP contribution in [0.2, 0.25) is 0 Å². The second-order valence-corrected chi connectivity index (χ2v) is 6.25. The zero-order valence-corrected chi connectivity index (χ0v) is 12.5. The van der Waals surface area contributed by atoms with Gasteiger partial charge in [-0.15, -0.1) is 0 Å². The van der Waals surface area contributed by atoms with Crippen LogP contribution in [0.15, 0.2) is 39.6 Å². The Morgan fingerprint density at radius 1 is 1.32 bits per heavy atom. The van der Waals surface area contributed by atoms with Gasteiger partial charge in [0, 0.05) is 12.0 Å². The Kier molecular flexibility index (Phi) is 2.95. The minimum absolute atomic E-state index is 0.124. The van der Waals surface area contributed by atoms with Gasteiger partial charge >= 0.3 is 0 Å². The van der Waals surface area contributed by atoms with Crippen molar-refractivity contribution in [1.82, 2.24) is 0 Å². The van der Waals surface area contributed by atoms with E-state index in [4.69, 9.17) is 14.9 Å². The van der Waals surface area contributed by atoms with Crippen LogP contribution in [0.1, 0.15) is 36.6 Å². The Bertz CT molecular complexity index is 618. The maximum absolute atomic E-state index is 6.29. The van der Waals surface area contributed by atoms with Crippen molar-refractivity contribution in [3.63, 3.8) is 0 Å². The SMILES string of the molecule is CC1(C)Cc2cc(C(N)c3ccoc3Br)ccc2O1. The summed E-state index contributed by atoms with van der Waals surface area (Å²) >= 11 is 3.37. The summed E-state index contributed by atoms with van der Waals surface area (Å²) in [6, 6.07) is 7.86. The molecule has 1 aliphatic rings. The third-order valence-electron chi connectivity index (χ3n) is 3.43. The summed E-state index contributed by atoms with van der Waals surface area (Å²) in [6.45, 7) is 4.19. The van der Waals surface area contributed by atoms with Crippen LogP contribution in [-0.4, -0.2) is 5.60 Å². The molecule has 100 valence electrons. The van der Waals surface area contributed by atoms with E-state index < -0.39 is 0 Å². The van der Waals surface area contributed by atoms with Gasteiger partial charge in [0.15, 0.2) is 4.67 Å². The van der Waals surface area contributed by atoms with Crippen LogP contribution in [0.5, 0.6) is 5.75 Å². The summed E-state index contributed by atoms with van der Waals surface area (Å²) in [5.74, 6) is 0.965. The number of ether oxygens (including phenoxy) is 1. The number of halogens is 1. The first kappa shape index (κ1) is 12.8. The van der Waals surface area contributed by atoms with Crippen LogP contribution in [0.25, 0.3) is 0 Å². The van der Waals surface area contributed by atoms with Crippen LogP contribution >= 0.6 is 15.9 Å². The maximum atomic E-state index is 6.29. The molecule has 1 atom stereocenters. The van der Waals surface area contributed by atoms with Crippen molar-refractivity contribution in [2.45, 2.75) is 31.9 Å². The predicted molar refractivity (Wildman–Crippen MR) is 77.3 cm³/mol. The van der Waals surface area contributed by atoms with E-state index in [-0.39, 0.29) is 11.6 Å². The standard InChI is InChI=1S/C15H16BrNO2/c1-15(2)8-10-7-9(3-4-12(10)19-15)13(17)11-5-6-18-14(11)16/h3-7,13H,8,17H2,1-2H3. The van der Waals surface area contributed by atoms with E-state index in [1.165, 1.54) is 5.56 Å². The number of nitrogens with two attached hydrogens (primary N) is 1. The summed E-state index contributed by atoms with van der Waals surface area (Å²) in [5.41, 5.74) is 9.42. The third kappa shape index (κ3) is 2.30. The van der Waals surface area contributed by atoms with Gasteiger partial charge in [0.2, 0.25) is 0 Å². The molecule has 0 fully saturated rings. The summed E-state index contributed by atoms with van der Waals surface area (Å²) < 4.78 is 11.8. The van der Waals surface area contributed by atoms with Gasteiger partial charge in [-0.1, -0.05) is 12.1 Å². The lowest BCUT2D eigenvalue weighted by molar-refractivity contribution is 0.138. The maximum Gasteiger partial charge on any atom is 0.174 e. The Balaban J connectivity index is 1.94. The molecule has 1 aliphatic heterocycles. The first-order valence-electron chi connectivity index (χ1n) is 6.26. The molecule has 0 saturated carbocycles. The summed E-state index contributed by atoms with van der Waals surface area (Å²) in [4.78, 5) is 0. The van der Waals surface area contributed by atoms with Gasteiger partial charge in [-0.05, 0) is 53.0 Å². The fourth-order valence-corrected chi connectivity index (χ4v) is 3.02. The van der Waals surface area contributed by atoms with Crippen LogP contribution < -0.4 is 10.5 Å². The molecule has 0 bridgehead atoms. The van der Waals surface area contributed by atoms with Crippen molar-refractivity contribution in [1.29, 1.82) is 0 Å². The second kappa shape index (κ2) is 4.39. The molecule has 4 heteroatoms. The van der Waals surface area contributed by atoms with Gasteiger partial charge in [0.1, 0.15) is 11.4 Å². The number of hydrogen-bond donors (Lipinski definition) is 1. The monoisotopic (exact) mass is 321 g/mol. The van der Waals surface area contributed by atoms with Gasteiger partial charge in [0.25, 0.3) is 0 Å². The zero-order valence-electron chi connectivity index (χ0n) is 10.9. The highest BCUT2D eigenvalue weighted by Crippen LogP contribution is 2.37. The van der Waals surface area contributed by atoms with Crippen LogP contribution in [-0.2, 0) is 6.42 Å². The first-order chi connectivity index (χ1) is 8.96. The quantitative estimate of drug-likeness (QED) is 0.915. The van der Waals surface area contributed by atoms with Crippen molar-refractivity contribution >= 4 is 15.9 Å². The lowest BCUT2D eigenvalue weighted by Gasteiger charge is -2.16. The van der Waals surface area contributed by atoms with E-state index in [0.717, 1.165) is 23.3 Å². The Morgan fingerprint density at radius 3 is 2.79 bits per heavy atom. The van der Waals surface area contributed by atoms with Crippen molar-refractivity contribution in [2.75, 3.05) is 0 Å². The van der Waals surface area contributed by atoms with E-state index in [1.54, 1.807) is 6.26 Å². The third-order valence-corrected chi connectivity index (χ3v) is 4.07. The Morgan fingerprint density at radius 2 is 2.11 bits per heavy atom. The van der Waals surface area contributed by atoms with Crippen LogP contribution in [0.4, 0.5) is 0 Å². The zero-order chi connectivity index (χ0) is 13.6. The van der Waals surface area contributed by atoms with Gasteiger partial charge < -0.3 is 14.9 Å². The molecule has 1 aromatic heterocycles. The largest absolute Gasteiger partial charge is 0.487 e. The molecular weight excluding hydrogens is 306 g/mol. The highest BCUT2D eigenvalue weighted by Gasteiger charge is 2.30. The molecule has 1 unspecified atom stereocenters. The average Bonchev–Trinajstić information content (AvgIpc) is 2.88. The lowest BCUT2D eigenvalue weighted by Crippen LogP contribution is -2.24. The highest BCUT2D eigenvalue weighted by atomic mass is 79.9. The lowest BCUT2D eigenvalue weighted by atomic mass is 9.96. The molecule has 19 heavy (non-hydrogen) atoms. The van der Waals surface area contributed by atoms with Crippen molar-refractivity contribution in [3.8, 4) is 5.75 Å². The topological polar surface area (TPSA) is 48.4 Å². The van der Waals surface area contributed by atoms with Gasteiger partial charge in [-0.3, -0.25) is 0 Å². The summed E-state index contributed by atoms with van der Waals surface area (Å²) in [5, 5.41) is 0. The smallest absolute Gasteiger partial charge is 0.174 e. The molecule has 0 amide bonds. The molecule has 3 nitrogen and oxygen atoms in total. The number of hydrogen-bond acceptors (Lipinski definition) is 3. The normalized spacial score (nSPS) is 17.9. The molecule has 0 radical (unpaired) electrons. The molecule has 2 heterocycles. The highest BCUT2D eigenvalue weighted by molar-refractivity contribution is 9.10. The molecule has 3 rings (SSSR count). The Labute approximate surface area is 120 Å². The van der Waals surface area contributed by atoms with E-state index in [1.807, 2.05) is 18.2 Å². The number of rotatable bonds is 2. The number of benzene rings is 1. The molecule has 0 spiro atoms. The van der Waals surface area contributed by atoms with E-state index in [2.05, 4.69) is 35.8 Å². The predicted octanol–water partition coefficient (Wildman–Crippen LogP) is 3.80. The fraction of sp³-hybridized carbons (Fsp3) is 0.333. The van der Waals surface area contributed by atoms with Gasteiger partial charge in [-0.25, -0.2) is 0 Å². The summed E-state index contributed by atoms with van der Waals surface area (Å²) in [7, 11) is 0. The van der Waals surface area contributed by atoms with E-state index in [9.17, 15) is 0 Å². The molecule has 2 N–H and O–H groups in total. The average molecular weight is 322 g/mol. The van der Waals surface area contributed by atoms with E-state index >= 15 is 0 Å². The number of furan rings is 1. The van der Waals surface area contributed by atoms with Crippen LogP contribution in [0.3, 0.4) is 0 Å². The fourth-order valence-electron chi connectivity index (χ4n) is 2.53. The van der Waals surface area contributed by atoms with Crippen LogP contribution in [0, 0.1) is 0 Å². The van der Waals surface area contributed by atoms with Crippen molar-refractivity contribution in [2.24, 2.45) is 5.73 Å². The van der Waals surface area contributed by atoms with Gasteiger partial charge in [0.05, 0.1) is 12.3 Å². The minimum atomic E-state index is -0.192. The van der Waals surface area contributed by atoms with Crippen molar-refractivity contribution in [3.05, 3.63) is 51.9 Å². The van der Waals surface area contributed by atoms with E-state index in [0.29, 0.717) is 4.67 Å². The Hall–Kier alpha value is -1.26. The molecule has 1 aromatic carbocycles. The number of fused-ring (bicyclic) bond motifs is 1. The minimum Gasteiger partial charge on any atom is -0.487 e. The van der Waals surface area contributed by atoms with Crippen molar-refractivity contribution < 1.29 is 9.15 Å². The molecular formula is C15H16BrNO2. The summed E-state index contributed by atoms with van der Waals surface area (Å²) in [6.07, 6.45) is 2.55. The molecule has 2 aromatic rings.